The lowest BCUT2D eigenvalue weighted by Gasteiger charge is -2.08. The Labute approximate surface area is 176 Å². The molecule has 0 bridgehead atoms. The van der Waals surface area contributed by atoms with Crippen LogP contribution < -0.4 is 10.1 Å². The van der Waals surface area contributed by atoms with E-state index in [-0.39, 0.29) is 22.8 Å². The minimum absolute atomic E-state index is 0.0942. The maximum absolute atomic E-state index is 12.9. The first-order valence-corrected chi connectivity index (χ1v) is 9.19. The standard InChI is InChI=1S/C22H16N4O5/c1-30-15-12-10-14(11-13-15)20-24-22(31-25-20)17-7-3-2-6-16(17)21(27)23-18-8-4-5-9-19(18)26(28)29/h2-13H,1H3,(H,23,27). The van der Waals surface area contributed by atoms with Gasteiger partial charge in [0.15, 0.2) is 0 Å². The molecule has 9 heteroatoms. The summed E-state index contributed by atoms with van der Waals surface area (Å²) in [5.41, 5.74) is 1.26. The van der Waals surface area contributed by atoms with E-state index in [1.807, 2.05) is 0 Å². The molecule has 0 atom stereocenters. The maximum Gasteiger partial charge on any atom is 0.292 e. The minimum Gasteiger partial charge on any atom is -0.497 e. The van der Waals surface area contributed by atoms with Crippen molar-refractivity contribution in [3.63, 3.8) is 0 Å². The van der Waals surface area contributed by atoms with Crippen molar-refractivity contribution in [2.24, 2.45) is 0 Å². The molecule has 4 rings (SSSR count). The van der Waals surface area contributed by atoms with Crippen molar-refractivity contribution in [2.75, 3.05) is 12.4 Å². The van der Waals surface area contributed by atoms with Crippen LogP contribution in [0.2, 0.25) is 0 Å². The molecular formula is C22H16N4O5. The summed E-state index contributed by atoms with van der Waals surface area (Å²) in [6.45, 7) is 0. The predicted molar refractivity (Wildman–Crippen MR) is 113 cm³/mol. The molecule has 0 spiro atoms. The number of nitrogens with zero attached hydrogens (tertiary/aromatic N) is 3. The van der Waals surface area contributed by atoms with Crippen LogP contribution in [-0.4, -0.2) is 28.1 Å². The van der Waals surface area contributed by atoms with E-state index < -0.39 is 10.8 Å². The number of para-hydroxylation sites is 2. The Kier molecular flexibility index (Phi) is 5.39. The van der Waals surface area contributed by atoms with E-state index in [9.17, 15) is 14.9 Å². The first kappa shape index (κ1) is 19.8. The highest BCUT2D eigenvalue weighted by atomic mass is 16.6. The van der Waals surface area contributed by atoms with Crippen LogP contribution >= 0.6 is 0 Å². The van der Waals surface area contributed by atoms with Gasteiger partial charge >= 0.3 is 0 Å². The first-order chi connectivity index (χ1) is 15.1. The fourth-order valence-corrected chi connectivity index (χ4v) is 2.99. The van der Waals surface area contributed by atoms with Crippen molar-refractivity contribution in [2.45, 2.75) is 0 Å². The molecule has 4 aromatic rings. The minimum atomic E-state index is -0.555. The third-order valence-electron chi connectivity index (χ3n) is 4.53. The van der Waals surface area contributed by atoms with Gasteiger partial charge in [-0.1, -0.05) is 29.4 Å². The Morgan fingerprint density at radius 1 is 1.03 bits per heavy atom. The number of anilines is 1. The molecule has 0 radical (unpaired) electrons. The second-order valence-corrected chi connectivity index (χ2v) is 6.43. The van der Waals surface area contributed by atoms with Gasteiger partial charge in [-0.3, -0.25) is 14.9 Å². The average molecular weight is 416 g/mol. The number of carbonyl (C=O) groups is 1. The van der Waals surface area contributed by atoms with Crippen LogP contribution in [0.3, 0.4) is 0 Å². The zero-order valence-corrected chi connectivity index (χ0v) is 16.3. The van der Waals surface area contributed by atoms with Gasteiger partial charge in [0.25, 0.3) is 17.5 Å². The molecule has 0 fully saturated rings. The SMILES string of the molecule is COc1ccc(-c2noc(-c3ccccc3C(=O)Nc3ccccc3[N+](=O)[O-])n2)cc1. The largest absolute Gasteiger partial charge is 0.497 e. The van der Waals surface area contributed by atoms with Crippen LogP contribution in [0, 0.1) is 10.1 Å². The highest BCUT2D eigenvalue weighted by Crippen LogP contribution is 2.28. The van der Waals surface area contributed by atoms with Gasteiger partial charge in [0.2, 0.25) is 5.82 Å². The third-order valence-corrected chi connectivity index (χ3v) is 4.53. The number of aromatic nitrogens is 2. The molecule has 0 aliphatic rings. The molecule has 9 nitrogen and oxygen atoms in total. The van der Waals surface area contributed by atoms with E-state index >= 15 is 0 Å². The summed E-state index contributed by atoms with van der Waals surface area (Å²) in [7, 11) is 1.58. The fourth-order valence-electron chi connectivity index (χ4n) is 2.99. The summed E-state index contributed by atoms with van der Waals surface area (Å²) in [5, 5.41) is 17.8. The van der Waals surface area contributed by atoms with Crippen molar-refractivity contribution < 1.29 is 19.0 Å². The van der Waals surface area contributed by atoms with Crippen molar-refractivity contribution in [1.82, 2.24) is 10.1 Å². The number of nitro groups is 1. The number of methoxy groups -OCH3 is 1. The number of nitro benzene ring substituents is 1. The molecule has 0 unspecified atom stereocenters. The molecule has 0 aliphatic carbocycles. The number of benzene rings is 3. The van der Waals surface area contributed by atoms with Crippen LogP contribution in [0.15, 0.2) is 77.3 Å². The summed E-state index contributed by atoms with van der Waals surface area (Å²) in [4.78, 5) is 28.0. The maximum atomic E-state index is 12.9. The van der Waals surface area contributed by atoms with E-state index in [1.54, 1.807) is 61.7 Å². The molecule has 1 N–H and O–H groups in total. The highest BCUT2D eigenvalue weighted by Gasteiger charge is 2.21. The topological polar surface area (TPSA) is 120 Å². The van der Waals surface area contributed by atoms with Crippen LogP contribution in [0.4, 0.5) is 11.4 Å². The summed E-state index contributed by atoms with van der Waals surface area (Å²) >= 11 is 0. The quantitative estimate of drug-likeness (QED) is 0.361. The smallest absolute Gasteiger partial charge is 0.292 e. The molecule has 0 saturated heterocycles. The van der Waals surface area contributed by atoms with E-state index in [0.717, 1.165) is 5.56 Å². The number of nitrogens with one attached hydrogen (secondary N) is 1. The van der Waals surface area contributed by atoms with Crippen molar-refractivity contribution in [3.8, 4) is 28.6 Å². The Morgan fingerprint density at radius 3 is 2.48 bits per heavy atom. The lowest BCUT2D eigenvalue weighted by Crippen LogP contribution is -2.14. The molecule has 1 amide bonds. The zero-order valence-electron chi connectivity index (χ0n) is 16.3. The van der Waals surface area contributed by atoms with Crippen LogP contribution in [0.1, 0.15) is 10.4 Å². The molecular weight excluding hydrogens is 400 g/mol. The Bertz CT molecular complexity index is 1250. The third kappa shape index (κ3) is 4.10. The second-order valence-electron chi connectivity index (χ2n) is 6.43. The van der Waals surface area contributed by atoms with Crippen molar-refractivity contribution in [3.05, 3.63) is 88.5 Å². The van der Waals surface area contributed by atoms with Gasteiger partial charge < -0.3 is 14.6 Å². The number of carbonyl (C=O) groups excluding carboxylic acids is 1. The number of hydrogen-bond donors (Lipinski definition) is 1. The molecule has 31 heavy (non-hydrogen) atoms. The van der Waals surface area contributed by atoms with E-state index in [4.69, 9.17) is 9.26 Å². The Balaban J connectivity index is 1.64. The lowest BCUT2D eigenvalue weighted by molar-refractivity contribution is -0.383. The number of rotatable bonds is 6. The van der Waals surface area contributed by atoms with Crippen molar-refractivity contribution >= 4 is 17.3 Å². The van der Waals surface area contributed by atoms with E-state index in [2.05, 4.69) is 15.5 Å². The van der Waals surface area contributed by atoms with Crippen molar-refractivity contribution in [1.29, 1.82) is 0 Å². The molecule has 154 valence electrons. The monoisotopic (exact) mass is 416 g/mol. The zero-order chi connectivity index (χ0) is 21.8. The van der Waals surface area contributed by atoms with Crippen LogP contribution in [-0.2, 0) is 0 Å². The predicted octanol–water partition coefficient (Wildman–Crippen LogP) is 4.57. The van der Waals surface area contributed by atoms with Gasteiger partial charge in [0.05, 0.1) is 23.2 Å². The van der Waals surface area contributed by atoms with Gasteiger partial charge in [-0.25, -0.2) is 0 Å². The second kappa shape index (κ2) is 8.46. The normalized spacial score (nSPS) is 10.5. The van der Waals surface area contributed by atoms with Crippen LogP contribution in [0.25, 0.3) is 22.8 Å². The fraction of sp³-hybridized carbons (Fsp3) is 0.0455. The van der Waals surface area contributed by atoms with E-state index in [1.165, 1.54) is 18.2 Å². The number of hydrogen-bond acceptors (Lipinski definition) is 7. The first-order valence-electron chi connectivity index (χ1n) is 9.19. The number of amides is 1. The summed E-state index contributed by atoms with van der Waals surface area (Å²) < 4.78 is 10.5. The van der Waals surface area contributed by atoms with Crippen LogP contribution in [0.5, 0.6) is 5.75 Å². The van der Waals surface area contributed by atoms with Gasteiger partial charge in [-0.2, -0.15) is 4.98 Å². The molecule has 0 aliphatic heterocycles. The van der Waals surface area contributed by atoms with Gasteiger partial charge in [0, 0.05) is 11.6 Å². The Morgan fingerprint density at radius 2 is 1.74 bits per heavy atom. The number of ether oxygens (including phenoxy) is 1. The van der Waals surface area contributed by atoms with E-state index in [0.29, 0.717) is 17.1 Å². The van der Waals surface area contributed by atoms with Gasteiger partial charge in [-0.05, 0) is 42.5 Å². The average Bonchev–Trinajstić information content (AvgIpc) is 3.29. The lowest BCUT2D eigenvalue weighted by atomic mass is 10.1. The molecule has 3 aromatic carbocycles. The van der Waals surface area contributed by atoms with Gasteiger partial charge in [-0.15, -0.1) is 0 Å². The molecule has 0 saturated carbocycles. The molecule has 1 heterocycles. The summed E-state index contributed by atoms with van der Waals surface area (Å²) in [6, 6.07) is 19.7. The highest BCUT2D eigenvalue weighted by molar-refractivity contribution is 6.09. The summed E-state index contributed by atoms with van der Waals surface area (Å²) in [5.74, 6) is 0.671. The Hall–Kier alpha value is -4.53. The summed E-state index contributed by atoms with van der Waals surface area (Å²) in [6.07, 6.45) is 0. The van der Waals surface area contributed by atoms with Gasteiger partial charge in [0.1, 0.15) is 11.4 Å². The molecule has 1 aromatic heterocycles.